The van der Waals surface area contributed by atoms with E-state index in [1.807, 2.05) is 0 Å². The lowest BCUT2D eigenvalue weighted by molar-refractivity contribution is -0.440. The van der Waals surface area contributed by atoms with Gasteiger partial charge < -0.3 is 18.8 Å². The molecule has 0 amide bonds. The van der Waals surface area contributed by atoms with E-state index in [1.165, 1.54) is 0 Å². The molecule has 49 heteroatoms. The lowest BCUT2D eigenvalue weighted by Gasteiger charge is -2.39. The number of hydrogen-bond acceptors (Lipinski definition) is 9. The predicted molar refractivity (Wildman–Crippen MR) is 161 cm³/mol. The summed E-state index contributed by atoms with van der Waals surface area (Å²) >= 11 is 0. The molecule has 0 aromatic rings. The van der Waals surface area contributed by atoms with Crippen LogP contribution in [0.2, 0.25) is 0 Å². The Morgan fingerprint density at radius 2 is 0.519 bits per heavy atom. The van der Waals surface area contributed by atoms with Crippen LogP contribution in [0, 0.1) is 5.92 Å². The van der Waals surface area contributed by atoms with Crippen molar-refractivity contribution in [3.05, 3.63) is 0 Å². The summed E-state index contributed by atoms with van der Waals surface area (Å²) in [5.41, 5.74) is 0. The highest BCUT2D eigenvalue weighted by Gasteiger charge is 2.93. The Labute approximate surface area is 405 Å². The highest BCUT2D eigenvalue weighted by atomic mass is 32.2. The highest BCUT2D eigenvalue weighted by molar-refractivity contribution is 7.87. The van der Waals surface area contributed by atoms with Gasteiger partial charge in [0.15, 0.2) is 5.25 Å². The van der Waals surface area contributed by atoms with Gasteiger partial charge in [0, 0.05) is 0 Å². The first kappa shape index (κ1) is 74.6. The molecule has 79 heavy (non-hydrogen) atoms. The van der Waals surface area contributed by atoms with Gasteiger partial charge in [-0.3, -0.25) is 14.4 Å². The molecule has 0 N–H and O–H groups in total. The maximum absolute atomic E-state index is 14.2. The van der Waals surface area contributed by atoms with Gasteiger partial charge >= 0.3 is 125 Å². The molecule has 0 spiro atoms. The summed E-state index contributed by atoms with van der Waals surface area (Å²) in [7, 11) is -7.48. The molecule has 0 aliphatic rings. The van der Waals surface area contributed by atoms with E-state index in [1.54, 1.807) is 0 Å². The first-order chi connectivity index (χ1) is 33.9. The molecule has 2 unspecified atom stereocenters. The van der Waals surface area contributed by atoms with E-state index in [-0.39, 0.29) is 0 Å². The van der Waals surface area contributed by atoms with Crippen molar-refractivity contribution in [3.63, 3.8) is 0 Å². The standard InChI is InChI=1S/C30H17F39O9S/c31-13(32,16(37,38)19(43,44)22(49,50)25(55,56)28(61,62)63)1-4-76-9(70)7-8(11(71)77-5-2-14(33,34)17(39,40)20(45,46)23(51,52)26(57,58)29(64,65)66)10(79(73,74)75)12(72)78-6-3-15(35,36)18(41,42)21(47,48)24(53,54)27(59,60)30(67,68)69/h8,10H,1-7H2,(H,73,74,75)/p-1. The molecule has 2 atom stereocenters. The Morgan fingerprint density at radius 3 is 0.734 bits per heavy atom. The van der Waals surface area contributed by atoms with Gasteiger partial charge in [0.25, 0.3) is 0 Å². The lowest BCUT2D eigenvalue weighted by Crippen LogP contribution is -2.70. The van der Waals surface area contributed by atoms with E-state index in [2.05, 4.69) is 14.2 Å². The van der Waals surface area contributed by atoms with Gasteiger partial charge in [-0.2, -0.15) is 171 Å². The number of ether oxygens (including phenoxy) is 3. The summed E-state index contributed by atoms with van der Waals surface area (Å²) in [5.74, 6) is -139. The topological polar surface area (TPSA) is 136 Å². The molecular weight excluding hydrogens is 1280 g/mol. The summed E-state index contributed by atoms with van der Waals surface area (Å²) in [6.45, 7) is -9.58. The first-order valence-corrected chi connectivity index (χ1v) is 19.7. The zero-order chi connectivity index (χ0) is 64.5. The Kier molecular flexibility index (Phi) is 20.2. The fourth-order valence-corrected chi connectivity index (χ4v) is 5.87. The van der Waals surface area contributed by atoms with E-state index in [9.17, 15) is 199 Å². The summed E-state index contributed by atoms with van der Waals surface area (Å²) < 4.78 is 568. The largest absolute Gasteiger partial charge is 0.747 e. The van der Waals surface area contributed by atoms with Gasteiger partial charge in [0.2, 0.25) is 0 Å². The SMILES string of the molecule is O=C(CC(C(=O)OCCC(F)(F)C(F)(F)C(F)(F)C(F)(F)C(F)(F)C(F)(F)F)C(C(=O)OCCC(F)(F)C(F)(F)C(F)(F)C(F)(F)C(F)(F)C(F)(F)F)S(=O)(=O)[O-])OCCC(F)(F)C(F)(F)C(F)(F)C(F)(F)C(F)(F)C(F)(F)F. The second-order valence-electron chi connectivity index (χ2n) is 15.0. The number of esters is 3. The molecule has 9 nitrogen and oxygen atoms in total. The minimum Gasteiger partial charge on any atom is -0.747 e. The van der Waals surface area contributed by atoms with Crippen LogP contribution < -0.4 is 0 Å². The van der Waals surface area contributed by atoms with Crippen molar-refractivity contribution >= 4 is 28.0 Å². The van der Waals surface area contributed by atoms with Gasteiger partial charge in [0.1, 0.15) is 10.1 Å². The first-order valence-electron chi connectivity index (χ1n) is 18.2. The van der Waals surface area contributed by atoms with Crippen molar-refractivity contribution in [3.8, 4) is 0 Å². The fraction of sp³-hybridized carbons (Fsp3) is 0.900. The molecule has 0 rings (SSSR count). The third kappa shape index (κ3) is 12.5. The van der Waals surface area contributed by atoms with Crippen molar-refractivity contribution < 1.29 is 213 Å². The van der Waals surface area contributed by atoms with Crippen LogP contribution in [0.25, 0.3) is 0 Å². The van der Waals surface area contributed by atoms with E-state index in [4.69, 9.17) is 0 Å². The average molecular weight is 1290 g/mol. The van der Waals surface area contributed by atoms with Gasteiger partial charge in [-0.05, 0) is 0 Å². The summed E-state index contributed by atoms with van der Waals surface area (Å²) in [6.07, 6.45) is -38.5. The lowest BCUT2D eigenvalue weighted by atomic mass is 9.92. The molecule has 0 saturated heterocycles. The molecule has 0 radical (unpaired) electrons. The second kappa shape index (κ2) is 21.4. The Hall–Kier alpha value is -4.41. The molecule has 0 fully saturated rings. The quantitative estimate of drug-likeness (QED) is 0.0341. The Morgan fingerprint density at radius 1 is 0.316 bits per heavy atom. The summed E-state index contributed by atoms with van der Waals surface area (Å²) in [5, 5.41) is -4.84. The zero-order valence-electron chi connectivity index (χ0n) is 35.4. The Balaban J connectivity index is 7.39. The zero-order valence-corrected chi connectivity index (χ0v) is 36.2. The highest BCUT2D eigenvalue weighted by Crippen LogP contribution is 2.64. The molecule has 0 aliphatic carbocycles. The maximum Gasteiger partial charge on any atom is 0.460 e. The third-order valence-corrected chi connectivity index (χ3v) is 10.7. The molecule has 0 heterocycles. The number of hydrogen-bond donors (Lipinski definition) is 0. The third-order valence-electron chi connectivity index (χ3n) is 9.59. The van der Waals surface area contributed by atoms with Crippen molar-refractivity contribution in [1.82, 2.24) is 0 Å². The van der Waals surface area contributed by atoms with E-state index < -0.39 is 192 Å². The van der Waals surface area contributed by atoms with E-state index >= 15 is 0 Å². The minimum absolute atomic E-state index is 3.07. The monoisotopic (exact) mass is 1290 g/mol. The van der Waals surface area contributed by atoms with Crippen LogP contribution in [0.5, 0.6) is 0 Å². The molecule has 470 valence electrons. The molecule has 0 saturated carbocycles. The van der Waals surface area contributed by atoms with Crippen molar-refractivity contribution in [2.45, 2.75) is 138 Å². The Bertz CT molecular complexity index is 2280. The van der Waals surface area contributed by atoms with Crippen LogP contribution >= 0.6 is 0 Å². The molecule has 0 aromatic heterocycles. The normalized spacial score (nSPS) is 16.6. The van der Waals surface area contributed by atoms with Crippen molar-refractivity contribution in [2.75, 3.05) is 19.8 Å². The second-order valence-corrected chi connectivity index (χ2v) is 16.5. The van der Waals surface area contributed by atoms with Crippen LogP contribution in [-0.2, 0) is 38.7 Å². The minimum atomic E-state index is -8.68. The van der Waals surface area contributed by atoms with Crippen LogP contribution in [0.4, 0.5) is 171 Å². The van der Waals surface area contributed by atoms with Gasteiger partial charge in [-0.15, -0.1) is 0 Å². The number of carbonyl (C=O) groups excluding carboxylic acids is 3. The number of carbonyl (C=O) groups is 3. The smallest absolute Gasteiger partial charge is 0.460 e. The van der Waals surface area contributed by atoms with Gasteiger partial charge in [-0.1, -0.05) is 0 Å². The van der Waals surface area contributed by atoms with Crippen LogP contribution in [0.3, 0.4) is 0 Å². The molecule has 0 aliphatic heterocycles. The summed E-state index contributed by atoms with van der Waals surface area (Å²) in [4.78, 5) is 37.4. The van der Waals surface area contributed by atoms with Crippen LogP contribution in [-0.4, -0.2) is 163 Å². The fourth-order valence-electron chi connectivity index (χ4n) is 4.95. The van der Waals surface area contributed by atoms with Crippen molar-refractivity contribution in [1.29, 1.82) is 0 Å². The number of alkyl halides is 39. The molecule has 0 aromatic carbocycles. The number of rotatable bonds is 27. The average Bonchev–Trinajstić information content (AvgIpc) is 3.20. The van der Waals surface area contributed by atoms with E-state index in [0.717, 1.165) is 0 Å². The van der Waals surface area contributed by atoms with Crippen LogP contribution in [0.15, 0.2) is 0 Å². The van der Waals surface area contributed by atoms with E-state index in [0.29, 0.717) is 0 Å². The van der Waals surface area contributed by atoms with Crippen LogP contribution in [0.1, 0.15) is 25.7 Å². The maximum atomic E-state index is 14.2. The van der Waals surface area contributed by atoms with Gasteiger partial charge in [-0.25, -0.2) is 8.42 Å². The molecular formula is C30H16F39O9S-. The summed E-state index contributed by atoms with van der Waals surface area (Å²) in [6, 6.07) is 0. The van der Waals surface area contributed by atoms with Gasteiger partial charge in [0.05, 0.1) is 51.4 Å². The number of halogens is 39. The predicted octanol–water partition coefficient (Wildman–Crippen LogP) is 11.9. The molecule has 0 bridgehead atoms. The van der Waals surface area contributed by atoms with Crippen molar-refractivity contribution in [2.24, 2.45) is 5.92 Å².